The standard InChI is InChI=1S/C16H23NO2/c1-3-17-15(14-11-8-12-19-14)16(18-4-2)13-9-6-5-7-10-13/h5-7,9-11,15-17H,3-4,8,12H2,1-2H3. The highest BCUT2D eigenvalue weighted by Crippen LogP contribution is 2.28. The molecule has 1 aliphatic rings. The SMILES string of the molecule is CCNC(C1=CCCO1)C(OCC)c1ccccc1. The van der Waals surface area contributed by atoms with Crippen LogP contribution in [0.1, 0.15) is 31.9 Å². The smallest absolute Gasteiger partial charge is 0.112 e. The number of rotatable bonds is 7. The van der Waals surface area contributed by atoms with Gasteiger partial charge >= 0.3 is 0 Å². The van der Waals surface area contributed by atoms with E-state index >= 15 is 0 Å². The molecular formula is C16H23NO2. The van der Waals surface area contributed by atoms with Crippen LogP contribution < -0.4 is 5.32 Å². The topological polar surface area (TPSA) is 30.5 Å². The lowest BCUT2D eigenvalue weighted by atomic mass is 10.00. The molecule has 0 spiro atoms. The molecule has 3 nitrogen and oxygen atoms in total. The van der Waals surface area contributed by atoms with Crippen LogP contribution in [0.15, 0.2) is 42.2 Å². The van der Waals surface area contributed by atoms with E-state index in [-0.39, 0.29) is 12.1 Å². The van der Waals surface area contributed by atoms with Crippen LogP contribution in [0.2, 0.25) is 0 Å². The van der Waals surface area contributed by atoms with Crippen molar-refractivity contribution in [1.29, 1.82) is 0 Å². The molecule has 0 saturated heterocycles. The zero-order valence-electron chi connectivity index (χ0n) is 11.8. The van der Waals surface area contributed by atoms with Crippen molar-refractivity contribution < 1.29 is 9.47 Å². The van der Waals surface area contributed by atoms with Crippen molar-refractivity contribution in [2.45, 2.75) is 32.4 Å². The molecule has 2 rings (SSSR count). The van der Waals surface area contributed by atoms with Gasteiger partial charge in [0.1, 0.15) is 11.9 Å². The normalized spacial score (nSPS) is 17.7. The molecule has 3 heteroatoms. The summed E-state index contributed by atoms with van der Waals surface area (Å²) < 4.78 is 11.7. The summed E-state index contributed by atoms with van der Waals surface area (Å²) in [5.41, 5.74) is 1.19. The van der Waals surface area contributed by atoms with Gasteiger partial charge in [-0.05, 0) is 25.1 Å². The van der Waals surface area contributed by atoms with Gasteiger partial charge in [-0.3, -0.25) is 0 Å². The summed E-state index contributed by atoms with van der Waals surface area (Å²) in [4.78, 5) is 0. The fraction of sp³-hybridized carbons (Fsp3) is 0.500. The van der Waals surface area contributed by atoms with Crippen LogP contribution >= 0.6 is 0 Å². The Bertz CT molecular complexity index is 402. The molecular weight excluding hydrogens is 238 g/mol. The second kappa shape index (κ2) is 7.31. The monoisotopic (exact) mass is 261 g/mol. The zero-order chi connectivity index (χ0) is 13.5. The molecule has 104 valence electrons. The molecule has 0 radical (unpaired) electrons. The van der Waals surface area contributed by atoms with Crippen LogP contribution in [0.25, 0.3) is 0 Å². The van der Waals surface area contributed by atoms with E-state index in [0.29, 0.717) is 6.61 Å². The van der Waals surface area contributed by atoms with Crippen molar-refractivity contribution in [3.05, 3.63) is 47.7 Å². The van der Waals surface area contributed by atoms with Gasteiger partial charge in [-0.25, -0.2) is 0 Å². The summed E-state index contributed by atoms with van der Waals surface area (Å²) in [5.74, 6) is 1.02. The van der Waals surface area contributed by atoms with Gasteiger partial charge in [0.05, 0.1) is 12.6 Å². The average Bonchev–Trinajstić information content (AvgIpc) is 2.97. The van der Waals surface area contributed by atoms with Crippen molar-refractivity contribution in [2.75, 3.05) is 19.8 Å². The molecule has 1 heterocycles. The quantitative estimate of drug-likeness (QED) is 0.818. The van der Waals surface area contributed by atoms with Crippen molar-refractivity contribution in [2.24, 2.45) is 0 Å². The Kier molecular flexibility index (Phi) is 5.43. The molecule has 0 bridgehead atoms. The lowest BCUT2D eigenvalue weighted by Gasteiger charge is -2.28. The van der Waals surface area contributed by atoms with E-state index in [0.717, 1.165) is 25.3 Å². The Morgan fingerprint density at radius 1 is 1.26 bits per heavy atom. The summed E-state index contributed by atoms with van der Waals surface area (Å²) in [7, 11) is 0. The fourth-order valence-corrected chi connectivity index (χ4v) is 2.44. The zero-order valence-corrected chi connectivity index (χ0v) is 11.8. The highest BCUT2D eigenvalue weighted by molar-refractivity contribution is 5.23. The highest BCUT2D eigenvalue weighted by Gasteiger charge is 2.29. The Balaban J connectivity index is 2.23. The fourth-order valence-electron chi connectivity index (χ4n) is 2.44. The first-order valence-corrected chi connectivity index (χ1v) is 7.09. The first-order chi connectivity index (χ1) is 9.36. The summed E-state index contributed by atoms with van der Waals surface area (Å²) in [5, 5.41) is 3.49. The molecule has 1 aromatic rings. The number of benzene rings is 1. The molecule has 1 N–H and O–H groups in total. The van der Waals surface area contributed by atoms with Gasteiger partial charge in [-0.15, -0.1) is 0 Å². The third kappa shape index (κ3) is 3.58. The molecule has 1 aromatic carbocycles. The van der Waals surface area contributed by atoms with E-state index in [9.17, 15) is 0 Å². The largest absolute Gasteiger partial charge is 0.496 e. The van der Waals surface area contributed by atoms with Gasteiger partial charge in [0, 0.05) is 13.0 Å². The summed E-state index contributed by atoms with van der Waals surface area (Å²) in [6.45, 7) is 6.50. The maximum Gasteiger partial charge on any atom is 0.112 e. The number of likely N-dealkylation sites (N-methyl/N-ethyl adjacent to an activating group) is 1. The summed E-state index contributed by atoms with van der Waals surface area (Å²) in [6, 6.07) is 10.4. The van der Waals surface area contributed by atoms with Gasteiger partial charge in [-0.1, -0.05) is 37.3 Å². The van der Waals surface area contributed by atoms with E-state index in [1.807, 2.05) is 25.1 Å². The Morgan fingerprint density at radius 2 is 2.05 bits per heavy atom. The van der Waals surface area contributed by atoms with Gasteiger partial charge in [0.2, 0.25) is 0 Å². The number of hydrogen-bond acceptors (Lipinski definition) is 3. The van der Waals surface area contributed by atoms with E-state index in [2.05, 4.69) is 30.4 Å². The summed E-state index contributed by atoms with van der Waals surface area (Å²) >= 11 is 0. The number of ether oxygens (including phenoxy) is 2. The van der Waals surface area contributed by atoms with Crippen molar-refractivity contribution in [3.8, 4) is 0 Å². The van der Waals surface area contributed by atoms with E-state index in [1.165, 1.54) is 5.56 Å². The minimum Gasteiger partial charge on any atom is -0.496 e. The minimum absolute atomic E-state index is 0.00417. The predicted octanol–water partition coefficient (Wildman–Crippen LogP) is 3.05. The third-order valence-electron chi connectivity index (χ3n) is 3.24. The second-order valence-electron chi connectivity index (χ2n) is 4.57. The molecule has 0 aliphatic carbocycles. The number of hydrogen-bond donors (Lipinski definition) is 1. The lowest BCUT2D eigenvalue weighted by Crippen LogP contribution is -2.38. The molecule has 1 aliphatic heterocycles. The van der Waals surface area contributed by atoms with Gasteiger partial charge in [0.15, 0.2) is 0 Å². The molecule has 0 fully saturated rings. The summed E-state index contributed by atoms with van der Waals surface area (Å²) in [6.07, 6.45) is 3.16. The van der Waals surface area contributed by atoms with Gasteiger partial charge in [0.25, 0.3) is 0 Å². The first-order valence-electron chi connectivity index (χ1n) is 7.09. The van der Waals surface area contributed by atoms with Crippen LogP contribution in [0.3, 0.4) is 0 Å². The minimum atomic E-state index is -0.00417. The van der Waals surface area contributed by atoms with Crippen LogP contribution in [0.4, 0.5) is 0 Å². The maximum absolute atomic E-state index is 5.97. The van der Waals surface area contributed by atoms with E-state index < -0.39 is 0 Å². The maximum atomic E-state index is 5.97. The Hall–Kier alpha value is -1.32. The Labute approximate surface area is 115 Å². The second-order valence-corrected chi connectivity index (χ2v) is 4.57. The molecule has 2 unspecified atom stereocenters. The van der Waals surface area contributed by atoms with E-state index in [4.69, 9.17) is 9.47 Å². The number of nitrogens with one attached hydrogen (secondary N) is 1. The van der Waals surface area contributed by atoms with Crippen LogP contribution in [-0.2, 0) is 9.47 Å². The molecule has 0 amide bonds. The van der Waals surface area contributed by atoms with Gasteiger partial charge in [-0.2, -0.15) is 0 Å². The Morgan fingerprint density at radius 3 is 2.63 bits per heavy atom. The van der Waals surface area contributed by atoms with Crippen LogP contribution in [0.5, 0.6) is 0 Å². The molecule has 2 atom stereocenters. The van der Waals surface area contributed by atoms with Crippen LogP contribution in [-0.4, -0.2) is 25.8 Å². The van der Waals surface area contributed by atoms with Gasteiger partial charge < -0.3 is 14.8 Å². The van der Waals surface area contributed by atoms with Crippen LogP contribution in [0, 0.1) is 0 Å². The highest BCUT2D eigenvalue weighted by atomic mass is 16.5. The predicted molar refractivity (Wildman–Crippen MR) is 76.9 cm³/mol. The molecule has 0 saturated carbocycles. The third-order valence-corrected chi connectivity index (χ3v) is 3.24. The first kappa shape index (κ1) is 14.1. The van der Waals surface area contributed by atoms with Crippen molar-refractivity contribution in [3.63, 3.8) is 0 Å². The lowest BCUT2D eigenvalue weighted by molar-refractivity contribution is 0.0276. The van der Waals surface area contributed by atoms with E-state index in [1.54, 1.807) is 0 Å². The molecule has 19 heavy (non-hydrogen) atoms. The van der Waals surface area contributed by atoms with Crippen molar-refractivity contribution in [1.82, 2.24) is 5.32 Å². The average molecular weight is 261 g/mol. The molecule has 0 aromatic heterocycles. The van der Waals surface area contributed by atoms with Crippen molar-refractivity contribution >= 4 is 0 Å².